The van der Waals surface area contributed by atoms with Gasteiger partial charge in [0.05, 0.1) is 0 Å². The third-order valence-electron chi connectivity index (χ3n) is 3.61. The summed E-state index contributed by atoms with van der Waals surface area (Å²) in [5.41, 5.74) is 1.20. The summed E-state index contributed by atoms with van der Waals surface area (Å²) in [5, 5.41) is 8.98. The first-order chi connectivity index (χ1) is 10.3. The summed E-state index contributed by atoms with van der Waals surface area (Å²) in [6.07, 6.45) is 0. The monoisotopic (exact) mass is 303 g/mol. The average molecular weight is 303 g/mol. The molecule has 2 amide bonds. The van der Waals surface area contributed by atoms with Gasteiger partial charge in [0.2, 0.25) is 0 Å². The summed E-state index contributed by atoms with van der Waals surface area (Å²) in [6.45, 7) is 9.44. The lowest BCUT2D eigenvalue weighted by molar-refractivity contribution is 0.0929. The Balaban J connectivity index is 1.85. The van der Waals surface area contributed by atoms with Crippen molar-refractivity contribution < 1.29 is 9.59 Å². The lowest BCUT2D eigenvalue weighted by Gasteiger charge is -2.27. The molecule has 0 atom stereocenters. The van der Waals surface area contributed by atoms with E-state index in [1.54, 1.807) is 24.3 Å². The van der Waals surface area contributed by atoms with Crippen LogP contribution < -0.4 is 16.0 Å². The third-order valence-corrected chi connectivity index (χ3v) is 3.61. The Bertz CT molecular complexity index is 528. The second-order valence-corrected chi connectivity index (χ2v) is 7.05. The second-order valence-electron chi connectivity index (χ2n) is 7.05. The normalized spacial score (nSPS) is 15.0. The summed E-state index contributed by atoms with van der Waals surface area (Å²) >= 11 is 0. The van der Waals surface area contributed by atoms with Crippen LogP contribution in [0.2, 0.25) is 0 Å². The van der Waals surface area contributed by atoms with Crippen molar-refractivity contribution in [2.24, 2.45) is 11.3 Å². The Hall–Kier alpha value is -1.88. The van der Waals surface area contributed by atoms with Crippen LogP contribution in [-0.4, -0.2) is 38.0 Å². The Kier molecular flexibility index (Phi) is 5.19. The summed E-state index contributed by atoms with van der Waals surface area (Å²) < 4.78 is 0. The first kappa shape index (κ1) is 16.5. The molecule has 1 aromatic carbocycles. The van der Waals surface area contributed by atoms with Gasteiger partial charge in [-0.25, -0.2) is 0 Å². The number of rotatable bonds is 5. The van der Waals surface area contributed by atoms with Crippen LogP contribution >= 0.6 is 0 Å². The van der Waals surface area contributed by atoms with E-state index in [0.717, 1.165) is 13.1 Å². The van der Waals surface area contributed by atoms with E-state index in [2.05, 4.69) is 36.7 Å². The van der Waals surface area contributed by atoms with Crippen LogP contribution in [0.5, 0.6) is 0 Å². The first-order valence-electron chi connectivity index (χ1n) is 7.72. The van der Waals surface area contributed by atoms with Gasteiger partial charge in [0.15, 0.2) is 0 Å². The molecule has 0 aromatic heterocycles. The maximum absolute atomic E-state index is 12.0. The first-order valence-corrected chi connectivity index (χ1v) is 7.72. The summed E-state index contributed by atoms with van der Waals surface area (Å²) in [4.78, 5) is 24.0. The van der Waals surface area contributed by atoms with E-state index < -0.39 is 0 Å². The van der Waals surface area contributed by atoms with Crippen LogP contribution in [0.4, 0.5) is 0 Å². The van der Waals surface area contributed by atoms with Crippen molar-refractivity contribution >= 4 is 11.8 Å². The fraction of sp³-hybridized carbons (Fsp3) is 0.529. The molecule has 1 saturated heterocycles. The van der Waals surface area contributed by atoms with Crippen LogP contribution in [0.15, 0.2) is 24.3 Å². The Labute approximate surface area is 131 Å². The molecule has 0 unspecified atom stereocenters. The van der Waals surface area contributed by atoms with Gasteiger partial charge in [-0.15, -0.1) is 0 Å². The number of carbonyl (C=O) groups is 2. The van der Waals surface area contributed by atoms with Crippen molar-refractivity contribution in [2.75, 3.05) is 26.2 Å². The maximum atomic E-state index is 12.0. The highest BCUT2D eigenvalue weighted by Crippen LogP contribution is 2.11. The molecular formula is C17H25N3O2. The number of hydrogen-bond acceptors (Lipinski definition) is 3. The van der Waals surface area contributed by atoms with E-state index >= 15 is 0 Å². The van der Waals surface area contributed by atoms with E-state index in [1.807, 2.05) is 0 Å². The van der Waals surface area contributed by atoms with E-state index in [1.165, 1.54) is 0 Å². The Morgan fingerprint density at radius 2 is 1.55 bits per heavy atom. The minimum atomic E-state index is -0.109. The smallest absolute Gasteiger partial charge is 0.251 e. The van der Waals surface area contributed by atoms with Gasteiger partial charge in [-0.1, -0.05) is 20.8 Å². The number of nitrogens with one attached hydrogen (secondary N) is 3. The largest absolute Gasteiger partial charge is 0.352 e. The molecule has 5 heteroatoms. The zero-order valence-corrected chi connectivity index (χ0v) is 13.5. The molecule has 1 aliphatic heterocycles. The highest BCUT2D eigenvalue weighted by molar-refractivity contribution is 5.97. The van der Waals surface area contributed by atoms with E-state index in [0.29, 0.717) is 30.1 Å². The molecule has 3 N–H and O–H groups in total. The van der Waals surface area contributed by atoms with Crippen LogP contribution in [0, 0.1) is 11.3 Å². The molecule has 0 spiro atoms. The fourth-order valence-corrected chi connectivity index (χ4v) is 2.05. The highest BCUT2D eigenvalue weighted by Gasteiger charge is 2.18. The zero-order valence-electron chi connectivity index (χ0n) is 13.5. The highest BCUT2D eigenvalue weighted by atomic mass is 16.2. The van der Waals surface area contributed by atoms with E-state index in [4.69, 9.17) is 0 Å². The van der Waals surface area contributed by atoms with Gasteiger partial charge in [-0.2, -0.15) is 0 Å². The number of benzene rings is 1. The van der Waals surface area contributed by atoms with Crippen molar-refractivity contribution in [3.05, 3.63) is 35.4 Å². The SMILES string of the molecule is CC(C)(C)CNC(=O)c1ccc(C(=O)NCC2CNC2)cc1. The third kappa shape index (κ3) is 4.84. The van der Waals surface area contributed by atoms with Gasteiger partial charge >= 0.3 is 0 Å². The van der Waals surface area contributed by atoms with Gasteiger partial charge in [0.25, 0.3) is 11.8 Å². The van der Waals surface area contributed by atoms with Crippen LogP contribution in [0.25, 0.3) is 0 Å². The van der Waals surface area contributed by atoms with Gasteiger partial charge in [-0.3, -0.25) is 9.59 Å². The van der Waals surface area contributed by atoms with Gasteiger partial charge in [0.1, 0.15) is 0 Å². The molecule has 1 fully saturated rings. The molecule has 120 valence electrons. The van der Waals surface area contributed by atoms with Gasteiger partial charge in [-0.05, 0) is 29.7 Å². The summed E-state index contributed by atoms with van der Waals surface area (Å²) in [5.74, 6) is 0.336. The lowest BCUT2D eigenvalue weighted by atomic mass is 9.97. The lowest BCUT2D eigenvalue weighted by Crippen LogP contribution is -2.48. The molecule has 1 aromatic rings. The number of amides is 2. The van der Waals surface area contributed by atoms with E-state index in [-0.39, 0.29) is 17.2 Å². The number of hydrogen-bond donors (Lipinski definition) is 3. The average Bonchev–Trinajstić information content (AvgIpc) is 2.42. The maximum Gasteiger partial charge on any atom is 0.251 e. The standard InChI is InChI=1S/C17H25N3O2/c1-17(2,3)11-20-16(22)14-6-4-13(5-7-14)15(21)19-10-12-8-18-9-12/h4-7,12,18H,8-11H2,1-3H3,(H,19,21)(H,20,22). The molecule has 1 aliphatic rings. The quantitative estimate of drug-likeness (QED) is 0.770. The molecule has 0 bridgehead atoms. The topological polar surface area (TPSA) is 70.2 Å². The van der Waals surface area contributed by atoms with Crippen molar-refractivity contribution in [1.29, 1.82) is 0 Å². The zero-order chi connectivity index (χ0) is 16.2. The summed E-state index contributed by atoms with van der Waals surface area (Å²) in [6, 6.07) is 6.77. The van der Waals surface area contributed by atoms with Crippen molar-refractivity contribution in [3.63, 3.8) is 0 Å². The molecule has 0 aliphatic carbocycles. The summed E-state index contributed by atoms with van der Waals surface area (Å²) in [7, 11) is 0. The molecule has 0 radical (unpaired) electrons. The molecule has 5 nitrogen and oxygen atoms in total. The van der Waals surface area contributed by atoms with Crippen molar-refractivity contribution in [3.8, 4) is 0 Å². The van der Waals surface area contributed by atoms with E-state index in [9.17, 15) is 9.59 Å². The molecule has 2 rings (SSSR count). The number of carbonyl (C=O) groups excluding carboxylic acids is 2. The van der Waals surface area contributed by atoms with Crippen LogP contribution in [-0.2, 0) is 0 Å². The Morgan fingerprint density at radius 1 is 1.05 bits per heavy atom. The minimum absolute atomic E-state index is 0.0475. The molecular weight excluding hydrogens is 278 g/mol. The van der Waals surface area contributed by atoms with Crippen molar-refractivity contribution in [2.45, 2.75) is 20.8 Å². The van der Waals surface area contributed by atoms with Crippen molar-refractivity contribution in [1.82, 2.24) is 16.0 Å². The predicted molar refractivity (Wildman–Crippen MR) is 86.9 cm³/mol. The Morgan fingerprint density at radius 3 is 1.95 bits per heavy atom. The fourth-order valence-electron chi connectivity index (χ4n) is 2.05. The minimum Gasteiger partial charge on any atom is -0.352 e. The van der Waals surface area contributed by atoms with Crippen LogP contribution in [0.1, 0.15) is 41.5 Å². The molecule has 0 saturated carbocycles. The second kappa shape index (κ2) is 6.92. The molecule has 22 heavy (non-hydrogen) atoms. The van der Waals surface area contributed by atoms with Gasteiger partial charge in [0, 0.05) is 43.2 Å². The van der Waals surface area contributed by atoms with Crippen LogP contribution in [0.3, 0.4) is 0 Å². The predicted octanol–water partition coefficient (Wildman–Crippen LogP) is 1.41. The van der Waals surface area contributed by atoms with Gasteiger partial charge < -0.3 is 16.0 Å². The molecule has 1 heterocycles.